The second-order valence-corrected chi connectivity index (χ2v) is 6.41. The fourth-order valence-electron chi connectivity index (χ4n) is 1.90. The minimum atomic E-state index is 0.740. The molecular weight excluding hydrogens is 328 g/mol. The maximum absolute atomic E-state index is 5.89. The van der Waals surface area contributed by atoms with Gasteiger partial charge in [-0.2, -0.15) is 9.78 Å². The zero-order valence-electron chi connectivity index (χ0n) is 12.6. The number of halogens is 1. The molecule has 0 aliphatic heterocycles. The Kier molecular flexibility index (Phi) is 5.10. The fourth-order valence-corrected chi connectivity index (χ4v) is 2.85. The molecule has 0 radical (unpaired) electrons. The third kappa shape index (κ3) is 4.43. The number of thioether (sulfide) groups is 1. The van der Waals surface area contributed by atoms with Gasteiger partial charge in [0.2, 0.25) is 5.16 Å². The fraction of sp³-hybridized carbons (Fsp3) is 0.118. The van der Waals surface area contributed by atoms with Gasteiger partial charge in [-0.25, -0.2) is 0 Å². The Morgan fingerprint density at radius 2 is 1.87 bits per heavy atom. The topological polar surface area (TPSA) is 43.1 Å². The van der Waals surface area contributed by atoms with Gasteiger partial charge in [0, 0.05) is 10.8 Å². The molecule has 0 amide bonds. The average molecular weight is 343 g/mol. The maximum atomic E-state index is 5.89. The van der Waals surface area contributed by atoms with Gasteiger partial charge in [0.1, 0.15) is 6.33 Å². The van der Waals surface area contributed by atoms with E-state index >= 15 is 0 Å². The van der Waals surface area contributed by atoms with E-state index < -0.39 is 0 Å². The summed E-state index contributed by atoms with van der Waals surface area (Å²) in [5.41, 5.74) is 3.44. The first-order valence-electron chi connectivity index (χ1n) is 7.09. The second kappa shape index (κ2) is 7.44. The highest BCUT2D eigenvalue weighted by Gasteiger charge is 2.04. The normalized spacial score (nSPS) is 11.2. The number of hydrogen-bond donors (Lipinski definition) is 0. The molecule has 0 saturated carbocycles. The predicted molar refractivity (Wildman–Crippen MR) is 95.2 cm³/mol. The zero-order valence-corrected chi connectivity index (χ0v) is 14.1. The number of nitrogens with zero attached hydrogens (tertiary/aromatic N) is 4. The van der Waals surface area contributed by atoms with Crippen LogP contribution in [0, 0.1) is 6.92 Å². The highest BCUT2D eigenvalue weighted by Crippen LogP contribution is 2.21. The number of aromatic nitrogens is 3. The first kappa shape index (κ1) is 15.8. The molecule has 4 nitrogen and oxygen atoms in total. The van der Waals surface area contributed by atoms with Crippen molar-refractivity contribution in [2.45, 2.75) is 17.8 Å². The van der Waals surface area contributed by atoms with E-state index in [0.717, 1.165) is 21.5 Å². The van der Waals surface area contributed by atoms with Crippen LogP contribution < -0.4 is 0 Å². The summed E-state index contributed by atoms with van der Waals surface area (Å²) in [5.74, 6) is 0.788. The minimum absolute atomic E-state index is 0.740. The van der Waals surface area contributed by atoms with Crippen LogP contribution in [0.2, 0.25) is 5.02 Å². The largest absolute Gasteiger partial charge is 0.212 e. The Labute approximate surface area is 144 Å². The van der Waals surface area contributed by atoms with E-state index in [1.807, 2.05) is 36.4 Å². The third-order valence-corrected chi connectivity index (χ3v) is 4.45. The summed E-state index contributed by atoms with van der Waals surface area (Å²) in [6, 6.07) is 16.0. The molecule has 3 rings (SSSR count). The number of benzene rings is 2. The lowest BCUT2D eigenvalue weighted by Crippen LogP contribution is -1.93. The van der Waals surface area contributed by atoms with Gasteiger partial charge in [-0.05, 0) is 30.2 Å². The van der Waals surface area contributed by atoms with Gasteiger partial charge in [-0.1, -0.05) is 65.3 Å². The molecule has 116 valence electrons. The molecule has 0 fully saturated rings. The van der Waals surface area contributed by atoms with Crippen LogP contribution in [0.25, 0.3) is 0 Å². The van der Waals surface area contributed by atoms with Crippen LogP contribution >= 0.6 is 23.4 Å². The Morgan fingerprint density at radius 3 is 2.61 bits per heavy atom. The Balaban J connectivity index is 1.67. The highest BCUT2D eigenvalue weighted by molar-refractivity contribution is 7.98. The van der Waals surface area contributed by atoms with E-state index in [9.17, 15) is 0 Å². The first-order chi connectivity index (χ1) is 11.2. The van der Waals surface area contributed by atoms with Crippen LogP contribution in [0.15, 0.2) is 65.1 Å². The number of aryl methyl sites for hydroxylation is 1. The smallest absolute Gasteiger partial charge is 0.195 e. The van der Waals surface area contributed by atoms with Crippen molar-refractivity contribution in [1.82, 2.24) is 14.9 Å². The Morgan fingerprint density at radius 1 is 1.13 bits per heavy atom. The van der Waals surface area contributed by atoms with E-state index in [-0.39, 0.29) is 0 Å². The summed E-state index contributed by atoms with van der Waals surface area (Å²) in [5, 5.41) is 14.0. The molecule has 0 N–H and O–H groups in total. The molecule has 2 aromatic carbocycles. The van der Waals surface area contributed by atoms with E-state index in [2.05, 4.69) is 34.4 Å². The van der Waals surface area contributed by atoms with Crippen molar-refractivity contribution in [3.8, 4) is 0 Å². The Bertz CT molecular complexity index is 794. The van der Waals surface area contributed by atoms with Crippen molar-refractivity contribution >= 4 is 29.6 Å². The third-order valence-electron chi connectivity index (χ3n) is 3.19. The van der Waals surface area contributed by atoms with Gasteiger partial charge in [0.05, 0.1) is 6.21 Å². The zero-order chi connectivity index (χ0) is 16.1. The van der Waals surface area contributed by atoms with Gasteiger partial charge in [-0.15, -0.1) is 10.2 Å². The highest BCUT2D eigenvalue weighted by atomic mass is 35.5. The standard InChI is InChI=1S/C17H15ClN4S/c1-13-2-4-14(5-3-13)10-20-22-12-19-21-17(22)23-11-15-6-8-16(18)9-7-15/h2-10,12H,11H2,1H3/b20-10-. The van der Waals surface area contributed by atoms with Crippen molar-refractivity contribution in [3.63, 3.8) is 0 Å². The lowest BCUT2D eigenvalue weighted by Gasteiger charge is -2.01. The van der Waals surface area contributed by atoms with Crippen LogP contribution in [0.3, 0.4) is 0 Å². The van der Waals surface area contributed by atoms with Gasteiger partial charge >= 0.3 is 0 Å². The summed E-state index contributed by atoms with van der Waals surface area (Å²) in [7, 11) is 0. The summed E-state index contributed by atoms with van der Waals surface area (Å²) >= 11 is 7.48. The molecule has 0 bridgehead atoms. The molecule has 0 aliphatic carbocycles. The molecular formula is C17H15ClN4S. The van der Waals surface area contributed by atoms with Gasteiger partial charge in [-0.3, -0.25) is 0 Å². The number of rotatable bonds is 5. The minimum Gasteiger partial charge on any atom is -0.195 e. The molecule has 0 atom stereocenters. The molecule has 6 heteroatoms. The van der Waals surface area contributed by atoms with Crippen LogP contribution in [-0.4, -0.2) is 21.1 Å². The maximum Gasteiger partial charge on any atom is 0.212 e. The van der Waals surface area contributed by atoms with E-state index in [1.165, 1.54) is 11.1 Å². The molecule has 1 heterocycles. The first-order valence-corrected chi connectivity index (χ1v) is 8.45. The van der Waals surface area contributed by atoms with E-state index in [1.54, 1.807) is 29.0 Å². The molecule has 0 spiro atoms. The predicted octanol–water partition coefficient (Wildman–Crippen LogP) is 4.41. The molecule has 1 aromatic heterocycles. The lowest BCUT2D eigenvalue weighted by molar-refractivity contribution is 0.767. The quantitative estimate of drug-likeness (QED) is 0.509. The average Bonchev–Trinajstić information content (AvgIpc) is 3.01. The number of hydrogen-bond acceptors (Lipinski definition) is 4. The summed E-state index contributed by atoms with van der Waals surface area (Å²) < 4.78 is 1.68. The summed E-state index contributed by atoms with van der Waals surface area (Å²) in [6.45, 7) is 2.06. The van der Waals surface area contributed by atoms with Gasteiger partial charge in [0.15, 0.2) is 0 Å². The molecule has 0 aliphatic rings. The van der Waals surface area contributed by atoms with E-state index in [0.29, 0.717) is 0 Å². The van der Waals surface area contributed by atoms with Gasteiger partial charge < -0.3 is 0 Å². The molecule has 0 saturated heterocycles. The van der Waals surface area contributed by atoms with Crippen molar-refractivity contribution in [3.05, 3.63) is 76.6 Å². The molecule has 3 aromatic rings. The monoisotopic (exact) mass is 342 g/mol. The lowest BCUT2D eigenvalue weighted by atomic mass is 10.2. The van der Waals surface area contributed by atoms with Crippen LogP contribution in [0.4, 0.5) is 0 Å². The van der Waals surface area contributed by atoms with E-state index in [4.69, 9.17) is 11.6 Å². The van der Waals surface area contributed by atoms with Crippen LogP contribution in [0.1, 0.15) is 16.7 Å². The van der Waals surface area contributed by atoms with Crippen molar-refractivity contribution in [2.75, 3.05) is 0 Å². The summed E-state index contributed by atoms with van der Waals surface area (Å²) in [4.78, 5) is 0. The van der Waals surface area contributed by atoms with Crippen LogP contribution in [-0.2, 0) is 5.75 Å². The van der Waals surface area contributed by atoms with Crippen LogP contribution in [0.5, 0.6) is 0 Å². The SMILES string of the molecule is Cc1ccc(/C=N\n2cnnc2SCc2ccc(Cl)cc2)cc1. The van der Waals surface area contributed by atoms with Crippen molar-refractivity contribution in [2.24, 2.45) is 5.10 Å². The van der Waals surface area contributed by atoms with Crippen molar-refractivity contribution in [1.29, 1.82) is 0 Å². The van der Waals surface area contributed by atoms with Crippen molar-refractivity contribution < 1.29 is 0 Å². The Hall–Kier alpha value is -2.11. The molecule has 23 heavy (non-hydrogen) atoms. The summed E-state index contributed by atoms with van der Waals surface area (Å²) in [6.07, 6.45) is 3.41. The second-order valence-electron chi connectivity index (χ2n) is 5.03. The molecule has 0 unspecified atom stereocenters. The van der Waals surface area contributed by atoms with Gasteiger partial charge in [0.25, 0.3) is 0 Å².